The molecule has 3 N–H and O–H groups in total. The zero-order valence-corrected chi connectivity index (χ0v) is 8.40. The molecule has 0 radical (unpaired) electrons. The van der Waals surface area contributed by atoms with E-state index in [1.165, 1.54) is 12.8 Å². The van der Waals surface area contributed by atoms with Crippen molar-refractivity contribution in [1.29, 1.82) is 0 Å². The van der Waals surface area contributed by atoms with Gasteiger partial charge in [-0.15, -0.1) is 0 Å². The van der Waals surface area contributed by atoms with Gasteiger partial charge in [0.15, 0.2) is 0 Å². The second-order valence-electron chi connectivity index (χ2n) is 4.03. The lowest BCUT2D eigenvalue weighted by Crippen LogP contribution is -2.20. The van der Waals surface area contributed by atoms with Crippen LogP contribution in [0.3, 0.4) is 0 Å². The molecule has 0 amide bonds. The third kappa shape index (κ3) is 1.99. The van der Waals surface area contributed by atoms with E-state index in [-0.39, 0.29) is 0 Å². The highest BCUT2D eigenvalue weighted by atomic mass is 16.3. The van der Waals surface area contributed by atoms with Crippen LogP contribution in [0.2, 0.25) is 0 Å². The first-order chi connectivity index (χ1) is 6.66. The van der Waals surface area contributed by atoms with Crippen LogP contribution >= 0.6 is 0 Å². The van der Waals surface area contributed by atoms with Crippen molar-refractivity contribution >= 4 is 5.69 Å². The number of nitrogens with zero attached hydrogens (tertiary/aromatic N) is 1. The predicted octanol–water partition coefficient (Wildman–Crippen LogP) is 1.57. The molecule has 0 bridgehead atoms. The van der Waals surface area contributed by atoms with E-state index in [4.69, 9.17) is 5.73 Å². The van der Waals surface area contributed by atoms with Gasteiger partial charge in [-0.25, -0.2) is 0 Å². The van der Waals surface area contributed by atoms with Gasteiger partial charge in [0.2, 0.25) is 0 Å². The van der Waals surface area contributed by atoms with Gasteiger partial charge in [-0.2, -0.15) is 0 Å². The van der Waals surface area contributed by atoms with E-state index in [1.54, 1.807) is 12.1 Å². The Hall–Kier alpha value is -1.22. The number of rotatable bonds is 3. The molecule has 1 aromatic rings. The molecule has 76 valence electrons. The molecular weight excluding hydrogens is 176 g/mol. The zero-order chi connectivity index (χ0) is 10.1. The molecule has 0 unspecified atom stereocenters. The Morgan fingerprint density at radius 3 is 2.86 bits per heavy atom. The van der Waals surface area contributed by atoms with Crippen molar-refractivity contribution in [3.8, 4) is 5.75 Å². The summed E-state index contributed by atoms with van der Waals surface area (Å²) < 4.78 is 0. The average Bonchev–Trinajstić information content (AvgIpc) is 2.94. The first-order valence-electron chi connectivity index (χ1n) is 4.94. The summed E-state index contributed by atoms with van der Waals surface area (Å²) in [5.74, 6) is 0.340. The van der Waals surface area contributed by atoms with Crippen LogP contribution in [0.5, 0.6) is 5.75 Å². The monoisotopic (exact) mass is 192 g/mol. The maximum absolute atomic E-state index is 9.60. The van der Waals surface area contributed by atoms with Crippen LogP contribution in [0.1, 0.15) is 18.4 Å². The number of aromatic hydroxyl groups is 1. The van der Waals surface area contributed by atoms with Crippen molar-refractivity contribution in [2.24, 2.45) is 0 Å². The summed E-state index contributed by atoms with van der Waals surface area (Å²) in [5.41, 5.74) is 7.29. The van der Waals surface area contributed by atoms with E-state index < -0.39 is 0 Å². The van der Waals surface area contributed by atoms with Crippen LogP contribution in [0.4, 0.5) is 5.69 Å². The van der Waals surface area contributed by atoms with E-state index in [9.17, 15) is 5.11 Å². The predicted molar refractivity (Wildman–Crippen MR) is 57.0 cm³/mol. The number of phenolic OH excluding ortho intramolecular Hbond substituents is 1. The topological polar surface area (TPSA) is 49.5 Å². The van der Waals surface area contributed by atoms with E-state index in [1.807, 2.05) is 6.07 Å². The van der Waals surface area contributed by atoms with Gasteiger partial charge in [0.25, 0.3) is 0 Å². The molecule has 14 heavy (non-hydrogen) atoms. The van der Waals surface area contributed by atoms with Gasteiger partial charge in [-0.1, -0.05) is 0 Å². The Labute approximate surface area is 84.1 Å². The quantitative estimate of drug-likeness (QED) is 0.564. The Morgan fingerprint density at radius 2 is 2.21 bits per heavy atom. The van der Waals surface area contributed by atoms with Crippen LogP contribution in [-0.4, -0.2) is 23.1 Å². The van der Waals surface area contributed by atoms with E-state index >= 15 is 0 Å². The molecule has 1 aromatic carbocycles. The standard InChI is InChI=1S/C11H16N2O/c1-13(10-3-4-10)7-8-6-9(12)2-5-11(8)14/h2,5-6,10,14H,3-4,7,12H2,1H3. The summed E-state index contributed by atoms with van der Waals surface area (Å²) in [5, 5.41) is 9.60. The van der Waals surface area contributed by atoms with Gasteiger partial charge in [0.05, 0.1) is 0 Å². The van der Waals surface area contributed by atoms with Crippen LogP contribution < -0.4 is 5.73 Å². The Balaban J connectivity index is 2.10. The molecule has 0 aliphatic heterocycles. The van der Waals surface area contributed by atoms with Crippen molar-refractivity contribution in [2.45, 2.75) is 25.4 Å². The highest BCUT2D eigenvalue weighted by molar-refractivity contribution is 5.47. The number of hydrogen-bond donors (Lipinski definition) is 2. The normalized spacial score (nSPS) is 16.1. The Kier molecular flexibility index (Phi) is 2.33. The number of hydrogen-bond acceptors (Lipinski definition) is 3. The van der Waals surface area contributed by atoms with Gasteiger partial charge >= 0.3 is 0 Å². The third-order valence-electron chi connectivity index (χ3n) is 2.69. The van der Waals surface area contributed by atoms with Crippen molar-refractivity contribution in [1.82, 2.24) is 4.90 Å². The van der Waals surface area contributed by atoms with Gasteiger partial charge < -0.3 is 10.8 Å². The lowest BCUT2D eigenvalue weighted by molar-refractivity contribution is 0.310. The maximum atomic E-state index is 9.60. The second-order valence-corrected chi connectivity index (χ2v) is 4.03. The number of phenols is 1. The number of anilines is 1. The molecule has 0 atom stereocenters. The van der Waals surface area contributed by atoms with Crippen LogP contribution in [0.15, 0.2) is 18.2 Å². The highest BCUT2D eigenvalue weighted by Crippen LogP contribution is 2.29. The van der Waals surface area contributed by atoms with E-state index in [0.717, 1.165) is 12.1 Å². The molecule has 1 aliphatic carbocycles. The number of nitrogen functional groups attached to an aromatic ring is 1. The smallest absolute Gasteiger partial charge is 0.120 e. The number of nitrogens with two attached hydrogens (primary N) is 1. The van der Waals surface area contributed by atoms with E-state index in [2.05, 4.69) is 11.9 Å². The Bertz CT molecular complexity index is 334. The van der Waals surface area contributed by atoms with E-state index in [0.29, 0.717) is 17.5 Å². The largest absolute Gasteiger partial charge is 0.508 e. The number of benzene rings is 1. The van der Waals surface area contributed by atoms with Crippen molar-refractivity contribution < 1.29 is 5.11 Å². The van der Waals surface area contributed by atoms with Crippen molar-refractivity contribution in [3.63, 3.8) is 0 Å². The Morgan fingerprint density at radius 1 is 1.50 bits per heavy atom. The van der Waals surface area contributed by atoms with Crippen molar-refractivity contribution in [3.05, 3.63) is 23.8 Å². The lowest BCUT2D eigenvalue weighted by Gasteiger charge is -2.16. The minimum absolute atomic E-state index is 0.340. The molecule has 0 saturated heterocycles. The fourth-order valence-electron chi connectivity index (χ4n) is 1.65. The zero-order valence-electron chi connectivity index (χ0n) is 8.40. The molecule has 0 spiro atoms. The summed E-state index contributed by atoms with van der Waals surface area (Å²) in [7, 11) is 2.08. The third-order valence-corrected chi connectivity index (χ3v) is 2.69. The van der Waals surface area contributed by atoms with Gasteiger partial charge in [0, 0.05) is 23.8 Å². The molecule has 1 fully saturated rings. The summed E-state index contributed by atoms with van der Waals surface area (Å²) in [4.78, 5) is 2.26. The molecule has 3 heteroatoms. The van der Waals surface area contributed by atoms with Gasteiger partial charge in [0.1, 0.15) is 5.75 Å². The molecular formula is C11H16N2O. The molecule has 1 aliphatic rings. The minimum atomic E-state index is 0.340. The fourth-order valence-corrected chi connectivity index (χ4v) is 1.65. The van der Waals surface area contributed by atoms with Crippen LogP contribution in [0, 0.1) is 0 Å². The summed E-state index contributed by atoms with van der Waals surface area (Å²) >= 11 is 0. The fraction of sp³-hybridized carbons (Fsp3) is 0.455. The first kappa shape index (κ1) is 9.34. The minimum Gasteiger partial charge on any atom is -0.508 e. The molecule has 3 nitrogen and oxygen atoms in total. The highest BCUT2D eigenvalue weighted by Gasteiger charge is 2.26. The molecule has 1 saturated carbocycles. The molecule has 2 rings (SSSR count). The SMILES string of the molecule is CN(Cc1cc(N)ccc1O)C1CC1. The maximum Gasteiger partial charge on any atom is 0.120 e. The average molecular weight is 192 g/mol. The summed E-state index contributed by atoms with van der Waals surface area (Å²) in [6.45, 7) is 0.779. The molecule has 0 aromatic heterocycles. The van der Waals surface area contributed by atoms with Crippen LogP contribution in [0.25, 0.3) is 0 Å². The van der Waals surface area contributed by atoms with Gasteiger partial charge in [-0.3, -0.25) is 4.90 Å². The second kappa shape index (κ2) is 3.50. The van der Waals surface area contributed by atoms with Gasteiger partial charge in [-0.05, 0) is 38.1 Å². The summed E-state index contributed by atoms with van der Waals surface area (Å²) in [6, 6.07) is 5.92. The lowest BCUT2D eigenvalue weighted by atomic mass is 10.1. The van der Waals surface area contributed by atoms with Crippen molar-refractivity contribution in [2.75, 3.05) is 12.8 Å². The summed E-state index contributed by atoms with van der Waals surface area (Å²) in [6.07, 6.45) is 2.55. The van der Waals surface area contributed by atoms with Crippen LogP contribution in [-0.2, 0) is 6.54 Å². The molecule has 0 heterocycles. The first-order valence-corrected chi connectivity index (χ1v) is 4.94.